The molecular formula is C9H16ClNOS. The fourth-order valence-electron chi connectivity index (χ4n) is 1.93. The summed E-state index contributed by atoms with van der Waals surface area (Å²) in [5, 5.41) is 0.188. The van der Waals surface area contributed by atoms with Crippen molar-refractivity contribution in [3.8, 4) is 0 Å². The number of alkyl halides is 1. The fraction of sp³-hybridized carbons (Fsp3) is 1.00. The molecule has 0 saturated carbocycles. The molecule has 0 aliphatic carbocycles. The van der Waals surface area contributed by atoms with Gasteiger partial charge in [-0.3, -0.25) is 4.90 Å². The average Bonchev–Trinajstić information content (AvgIpc) is 2.56. The first-order valence-corrected chi connectivity index (χ1v) is 6.49. The molecule has 0 radical (unpaired) electrons. The van der Waals surface area contributed by atoms with Crippen LogP contribution in [0.4, 0.5) is 0 Å². The third-order valence-corrected chi connectivity index (χ3v) is 4.09. The SMILES string of the molecule is ClC1COCCN(C2CCSC2)C1. The molecule has 2 aliphatic heterocycles. The monoisotopic (exact) mass is 221 g/mol. The summed E-state index contributed by atoms with van der Waals surface area (Å²) in [6.07, 6.45) is 1.33. The topological polar surface area (TPSA) is 12.5 Å². The molecule has 0 aromatic rings. The minimum atomic E-state index is 0.188. The highest BCUT2D eigenvalue weighted by Gasteiger charge is 2.26. The van der Waals surface area contributed by atoms with Crippen molar-refractivity contribution in [1.29, 1.82) is 0 Å². The molecule has 2 saturated heterocycles. The zero-order valence-corrected chi connectivity index (χ0v) is 9.32. The number of hydrogen-bond acceptors (Lipinski definition) is 3. The Morgan fingerprint density at radius 1 is 1.46 bits per heavy atom. The van der Waals surface area contributed by atoms with Crippen LogP contribution in [0.3, 0.4) is 0 Å². The van der Waals surface area contributed by atoms with Gasteiger partial charge < -0.3 is 4.74 Å². The van der Waals surface area contributed by atoms with Gasteiger partial charge in [-0.05, 0) is 12.2 Å². The largest absolute Gasteiger partial charge is 0.379 e. The minimum absolute atomic E-state index is 0.188. The highest BCUT2D eigenvalue weighted by Crippen LogP contribution is 2.23. The first kappa shape index (κ1) is 10.1. The van der Waals surface area contributed by atoms with E-state index in [1.807, 2.05) is 0 Å². The number of halogens is 1. The zero-order chi connectivity index (χ0) is 9.10. The van der Waals surface area contributed by atoms with Crippen LogP contribution in [0.2, 0.25) is 0 Å². The molecule has 2 atom stereocenters. The Bertz CT molecular complexity index is 164. The van der Waals surface area contributed by atoms with Gasteiger partial charge in [-0.2, -0.15) is 11.8 Å². The normalized spacial score (nSPS) is 37.6. The summed E-state index contributed by atoms with van der Waals surface area (Å²) in [4.78, 5) is 2.50. The first-order valence-electron chi connectivity index (χ1n) is 4.90. The molecule has 2 aliphatic rings. The lowest BCUT2D eigenvalue weighted by molar-refractivity contribution is 0.135. The molecule has 0 spiro atoms. The second-order valence-corrected chi connectivity index (χ2v) is 5.45. The van der Waals surface area contributed by atoms with E-state index >= 15 is 0 Å². The second-order valence-electron chi connectivity index (χ2n) is 3.68. The van der Waals surface area contributed by atoms with Crippen molar-refractivity contribution in [2.45, 2.75) is 17.8 Å². The Balaban J connectivity index is 1.88. The predicted molar refractivity (Wildman–Crippen MR) is 57.8 cm³/mol. The van der Waals surface area contributed by atoms with E-state index in [0.717, 1.165) is 32.3 Å². The maximum absolute atomic E-state index is 6.12. The molecule has 0 aromatic heterocycles. The maximum Gasteiger partial charge on any atom is 0.0696 e. The molecule has 0 aromatic carbocycles. The van der Waals surface area contributed by atoms with Gasteiger partial charge in [0, 0.05) is 24.9 Å². The molecule has 2 nitrogen and oxygen atoms in total. The van der Waals surface area contributed by atoms with E-state index in [9.17, 15) is 0 Å². The van der Waals surface area contributed by atoms with Crippen LogP contribution in [0.5, 0.6) is 0 Å². The van der Waals surface area contributed by atoms with Gasteiger partial charge in [0.2, 0.25) is 0 Å². The second kappa shape index (κ2) is 4.87. The van der Waals surface area contributed by atoms with Crippen LogP contribution in [0.1, 0.15) is 6.42 Å². The summed E-state index contributed by atoms with van der Waals surface area (Å²) >= 11 is 8.18. The van der Waals surface area contributed by atoms with Crippen molar-refractivity contribution in [1.82, 2.24) is 4.90 Å². The van der Waals surface area contributed by atoms with Gasteiger partial charge in [0.25, 0.3) is 0 Å². The van der Waals surface area contributed by atoms with Crippen LogP contribution in [0.25, 0.3) is 0 Å². The van der Waals surface area contributed by atoms with Gasteiger partial charge in [-0.25, -0.2) is 0 Å². The molecule has 0 amide bonds. The van der Waals surface area contributed by atoms with Gasteiger partial charge in [-0.1, -0.05) is 0 Å². The molecule has 0 bridgehead atoms. The highest BCUT2D eigenvalue weighted by atomic mass is 35.5. The Labute approximate surface area is 88.9 Å². The van der Waals surface area contributed by atoms with Crippen molar-refractivity contribution >= 4 is 23.4 Å². The molecule has 2 rings (SSSR count). The number of rotatable bonds is 1. The maximum atomic E-state index is 6.12. The zero-order valence-electron chi connectivity index (χ0n) is 7.75. The van der Waals surface area contributed by atoms with Crippen molar-refractivity contribution in [3.05, 3.63) is 0 Å². The van der Waals surface area contributed by atoms with Gasteiger partial charge in [-0.15, -0.1) is 11.6 Å². The summed E-state index contributed by atoms with van der Waals surface area (Å²) in [6.45, 7) is 3.64. The van der Waals surface area contributed by atoms with E-state index in [1.165, 1.54) is 17.9 Å². The van der Waals surface area contributed by atoms with Crippen LogP contribution < -0.4 is 0 Å². The van der Waals surface area contributed by atoms with Crippen LogP contribution >= 0.6 is 23.4 Å². The van der Waals surface area contributed by atoms with E-state index in [1.54, 1.807) is 0 Å². The lowest BCUT2D eigenvalue weighted by Crippen LogP contribution is -2.39. The summed E-state index contributed by atoms with van der Waals surface area (Å²) in [6, 6.07) is 0.757. The number of ether oxygens (including phenoxy) is 1. The first-order chi connectivity index (χ1) is 6.36. The lowest BCUT2D eigenvalue weighted by Gasteiger charge is -2.26. The molecule has 2 heterocycles. The third kappa shape index (κ3) is 2.75. The predicted octanol–water partition coefficient (Wildman–Crippen LogP) is 1.43. The number of nitrogens with zero attached hydrogens (tertiary/aromatic N) is 1. The Morgan fingerprint density at radius 2 is 2.38 bits per heavy atom. The van der Waals surface area contributed by atoms with E-state index in [-0.39, 0.29) is 5.38 Å². The fourth-order valence-corrected chi connectivity index (χ4v) is 3.45. The smallest absolute Gasteiger partial charge is 0.0696 e. The van der Waals surface area contributed by atoms with E-state index in [2.05, 4.69) is 16.7 Å². The molecule has 76 valence electrons. The van der Waals surface area contributed by atoms with Crippen LogP contribution in [0, 0.1) is 0 Å². The summed E-state index contributed by atoms with van der Waals surface area (Å²) in [7, 11) is 0. The quantitative estimate of drug-likeness (QED) is 0.622. The molecule has 13 heavy (non-hydrogen) atoms. The van der Waals surface area contributed by atoms with Crippen molar-refractivity contribution in [2.75, 3.05) is 37.8 Å². The molecule has 4 heteroatoms. The van der Waals surface area contributed by atoms with Gasteiger partial charge in [0.1, 0.15) is 0 Å². The Hall–Kier alpha value is 0.560. The van der Waals surface area contributed by atoms with Crippen molar-refractivity contribution in [2.24, 2.45) is 0 Å². The van der Waals surface area contributed by atoms with E-state index in [0.29, 0.717) is 0 Å². The lowest BCUT2D eigenvalue weighted by atomic mass is 10.2. The number of hydrogen-bond donors (Lipinski definition) is 0. The average molecular weight is 222 g/mol. The molecule has 0 N–H and O–H groups in total. The Kier molecular flexibility index (Phi) is 3.78. The standard InChI is InChI=1S/C9H16ClNOS/c10-8-5-11(2-3-12-6-8)9-1-4-13-7-9/h8-9H,1-7H2. The van der Waals surface area contributed by atoms with Crippen molar-refractivity contribution in [3.63, 3.8) is 0 Å². The van der Waals surface area contributed by atoms with E-state index in [4.69, 9.17) is 16.3 Å². The van der Waals surface area contributed by atoms with Crippen LogP contribution in [-0.4, -0.2) is 54.1 Å². The molecule has 2 unspecified atom stereocenters. The Morgan fingerprint density at radius 3 is 3.15 bits per heavy atom. The van der Waals surface area contributed by atoms with Gasteiger partial charge >= 0.3 is 0 Å². The summed E-state index contributed by atoms with van der Waals surface area (Å²) < 4.78 is 5.42. The van der Waals surface area contributed by atoms with Crippen LogP contribution in [-0.2, 0) is 4.74 Å². The highest BCUT2D eigenvalue weighted by molar-refractivity contribution is 7.99. The third-order valence-electron chi connectivity index (χ3n) is 2.68. The number of thioether (sulfide) groups is 1. The van der Waals surface area contributed by atoms with Crippen molar-refractivity contribution < 1.29 is 4.74 Å². The summed E-state index contributed by atoms with van der Waals surface area (Å²) in [5.74, 6) is 2.60. The van der Waals surface area contributed by atoms with Gasteiger partial charge in [0.15, 0.2) is 0 Å². The van der Waals surface area contributed by atoms with Gasteiger partial charge in [0.05, 0.1) is 18.6 Å². The summed E-state index contributed by atoms with van der Waals surface area (Å²) in [5.41, 5.74) is 0. The molecule has 2 fully saturated rings. The van der Waals surface area contributed by atoms with Crippen LogP contribution in [0.15, 0.2) is 0 Å². The molecular weight excluding hydrogens is 206 g/mol. The minimum Gasteiger partial charge on any atom is -0.379 e. The van der Waals surface area contributed by atoms with E-state index < -0.39 is 0 Å².